The summed E-state index contributed by atoms with van der Waals surface area (Å²) >= 11 is 6.73. The summed E-state index contributed by atoms with van der Waals surface area (Å²) < 4.78 is 41.8. The number of hydrogen-bond donors (Lipinski definition) is 2. The van der Waals surface area contributed by atoms with Crippen LogP contribution in [0.15, 0.2) is 75.7 Å². The standard InChI is InChI=1S/C21H17Br2F3N2/c22-17-5-1-14(2-6-17)12-27-19-9-16(21(24,25)26)10-20(11-19)28-13-15-3-7-18(23)8-4-15/h1-11,27-28H,12-13H2. The van der Waals surface area contributed by atoms with Crippen LogP contribution in [0.1, 0.15) is 16.7 Å². The van der Waals surface area contributed by atoms with Crippen molar-refractivity contribution in [2.75, 3.05) is 10.6 Å². The van der Waals surface area contributed by atoms with Gasteiger partial charge in [-0.05, 0) is 53.6 Å². The minimum absolute atomic E-state index is 0.413. The quantitative estimate of drug-likeness (QED) is 0.357. The van der Waals surface area contributed by atoms with Crippen molar-refractivity contribution in [2.24, 2.45) is 0 Å². The van der Waals surface area contributed by atoms with Crippen LogP contribution in [0.25, 0.3) is 0 Å². The van der Waals surface area contributed by atoms with Gasteiger partial charge in [0.1, 0.15) is 0 Å². The molecule has 2 N–H and O–H groups in total. The van der Waals surface area contributed by atoms with E-state index < -0.39 is 11.7 Å². The molecule has 0 aliphatic rings. The topological polar surface area (TPSA) is 24.1 Å². The Hall–Kier alpha value is -1.99. The molecule has 0 aromatic heterocycles. The van der Waals surface area contributed by atoms with Gasteiger partial charge in [-0.15, -0.1) is 0 Å². The maximum atomic E-state index is 13.3. The Labute approximate surface area is 178 Å². The number of rotatable bonds is 6. The van der Waals surface area contributed by atoms with E-state index in [4.69, 9.17) is 0 Å². The fourth-order valence-corrected chi connectivity index (χ4v) is 3.14. The second-order valence-corrected chi connectivity index (χ2v) is 8.09. The average molecular weight is 514 g/mol. The number of nitrogens with one attached hydrogen (secondary N) is 2. The molecular formula is C21H17Br2F3N2. The number of hydrogen-bond acceptors (Lipinski definition) is 2. The molecule has 0 spiro atoms. The third-order valence-corrected chi connectivity index (χ3v) is 5.14. The summed E-state index contributed by atoms with van der Waals surface area (Å²) in [5.74, 6) is 0. The van der Waals surface area contributed by atoms with Gasteiger partial charge >= 0.3 is 6.18 Å². The molecule has 2 nitrogen and oxygen atoms in total. The molecule has 3 rings (SSSR count). The number of alkyl halides is 3. The predicted octanol–water partition coefficient (Wildman–Crippen LogP) is 7.45. The Morgan fingerprint density at radius 3 is 1.39 bits per heavy atom. The normalized spacial score (nSPS) is 11.3. The molecule has 0 amide bonds. The van der Waals surface area contributed by atoms with E-state index in [0.717, 1.165) is 32.2 Å². The summed E-state index contributed by atoms with van der Waals surface area (Å²) in [6.45, 7) is 0.863. The minimum Gasteiger partial charge on any atom is -0.381 e. The predicted molar refractivity (Wildman–Crippen MR) is 114 cm³/mol. The summed E-state index contributed by atoms with van der Waals surface area (Å²) in [5, 5.41) is 6.15. The van der Waals surface area contributed by atoms with E-state index >= 15 is 0 Å². The van der Waals surface area contributed by atoms with Gasteiger partial charge in [0.05, 0.1) is 5.56 Å². The van der Waals surface area contributed by atoms with Gasteiger partial charge in [-0.3, -0.25) is 0 Å². The van der Waals surface area contributed by atoms with Gasteiger partial charge in [-0.1, -0.05) is 56.1 Å². The lowest BCUT2D eigenvalue weighted by Crippen LogP contribution is -2.09. The molecule has 0 aliphatic heterocycles. The van der Waals surface area contributed by atoms with E-state index in [1.54, 1.807) is 6.07 Å². The van der Waals surface area contributed by atoms with Gasteiger partial charge in [0.2, 0.25) is 0 Å². The van der Waals surface area contributed by atoms with Crippen LogP contribution in [0.2, 0.25) is 0 Å². The minimum atomic E-state index is -4.41. The van der Waals surface area contributed by atoms with Crippen molar-refractivity contribution in [3.8, 4) is 0 Å². The van der Waals surface area contributed by atoms with Crippen LogP contribution >= 0.6 is 31.9 Å². The lowest BCUT2D eigenvalue weighted by molar-refractivity contribution is -0.137. The van der Waals surface area contributed by atoms with E-state index in [2.05, 4.69) is 42.5 Å². The third-order valence-electron chi connectivity index (χ3n) is 4.08. The Balaban J connectivity index is 1.76. The Kier molecular flexibility index (Phi) is 6.67. The molecule has 146 valence electrons. The largest absolute Gasteiger partial charge is 0.416 e. The molecule has 0 bridgehead atoms. The van der Waals surface area contributed by atoms with Crippen molar-refractivity contribution >= 4 is 43.2 Å². The highest BCUT2D eigenvalue weighted by Gasteiger charge is 2.31. The first-order chi connectivity index (χ1) is 13.3. The summed E-state index contributed by atoms with van der Waals surface area (Å²) in [6, 6.07) is 19.2. The Morgan fingerprint density at radius 1 is 0.643 bits per heavy atom. The Morgan fingerprint density at radius 2 is 1.04 bits per heavy atom. The molecule has 0 radical (unpaired) electrons. The van der Waals surface area contributed by atoms with Crippen LogP contribution in [0.3, 0.4) is 0 Å². The van der Waals surface area contributed by atoms with E-state index in [1.807, 2.05) is 48.5 Å². The van der Waals surface area contributed by atoms with Crippen LogP contribution in [-0.4, -0.2) is 0 Å². The molecule has 0 saturated heterocycles. The first kappa shape index (κ1) is 20.7. The van der Waals surface area contributed by atoms with E-state index in [-0.39, 0.29) is 0 Å². The third kappa shape index (κ3) is 6.01. The first-order valence-corrected chi connectivity index (χ1v) is 10.1. The summed E-state index contributed by atoms with van der Waals surface area (Å²) in [7, 11) is 0. The zero-order valence-electron chi connectivity index (χ0n) is 14.7. The summed E-state index contributed by atoms with van der Waals surface area (Å²) in [5.41, 5.74) is 2.09. The monoisotopic (exact) mass is 512 g/mol. The number of anilines is 2. The van der Waals surface area contributed by atoms with E-state index in [0.29, 0.717) is 24.5 Å². The Bertz CT molecular complexity index is 856. The van der Waals surface area contributed by atoms with Crippen LogP contribution in [0.5, 0.6) is 0 Å². The van der Waals surface area contributed by atoms with Crippen molar-refractivity contribution in [1.82, 2.24) is 0 Å². The molecule has 0 atom stereocenters. The molecular weight excluding hydrogens is 497 g/mol. The van der Waals surface area contributed by atoms with Gasteiger partial charge < -0.3 is 10.6 Å². The highest BCUT2D eigenvalue weighted by Crippen LogP contribution is 2.33. The molecule has 0 fully saturated rings. The molecule has 0 unspecified atom stereocenters. The summed E-state index contributed by atoms with van der Waals surface area (Å²) in [4.78, 5) is 0. The van der Waals surface area contributed by atoms with Gasteiger partial charge in [0, 0.05) is 33.4 Å². The van der Waals surface area contributed by atoms with Crippen molar-refractivity contribution in [3.05, 3.63) is 92.4 Å². The number of halogens is 5. The summed E-state index contributed by atoms with van der Waals surface area (Å²) in [6.07, 6.45) is -4.41. The van der Waals surface area contributed by atoms with E-state index in [9.17, 15) is 13.2 Å². The highest BCUT2D eigenvalue weighted by atomic mass is 79.9. The maximum absolute atomic E-state index is 13.3. The van der Waals surface area contributed by atoms with Crippen LogP contribution in [-0.2, 0) is 19.3 Å². The first-order valence-electron chi connectivity index (χ1n) is 8.48. The van der Waals surface area contributed by atoms with Gasteiger partial charge in [-0.2, -0.15) is 13.2 Å². The fourth-order valence-electron chi connectivity index (χ4n) is 2.61. The highest BCUT2D eigenvalue weighted by molar-refractivity contribution is 9.10. The smallest absolute Gasteiger partial charge is 0.381 e. The molecule has 7 heteroatoms. The molecule has 28 heavy (non-hydrogen) atoms. The number of benzene rings is 3. The van der Waals surface area contributed by atoms with Crippen molar-refractivity contribution in [2.45, 2.75) is 19.3 Å². The van der Waals surface area contributed by atoms with Crippen molar-refractivity contribution in [1.29, 1.82) is 0 Å². The van der Waals surface area contributed by atoms with Gasteiger partial charge in [0.15, 0.2) is 0 Å². The molecule has 3 aromatic rings. The van der Waals surface area contributed by atoms with Gasteiger partial charge in [-0.25, -0.2) is 0 Å². The van der Waals surface area contributed by atoms with E-state index in [1.165, 1.54) is 0 Å². The SMILES string of the molecule is FC(F)(F)c1cc(NCc2ccc(Br)cc2)cc(NCc2ccc(Br)cc2)c1. The van der Waals surface area contributed by atoms with Crippen LogP contribution in [0.4, 0.5) is 24.5 Å². The average Bonchev–Trinajstić information content (AvgIpc) is 2.66. The second kappa shape index (κ2) is 9.01. The molecule has 0 heterocycles. The lowest BCUT2D eigenvalue weighted by Gasteiger charge is -2.15. The maximum Gasteiger partial charge on any atom is 0.416 e. The molecule has 3 aromatic carbocycles. The lowest BCUT2D eigenvalue weighted by atomic mass is 10.1. The fraction of sp³-hybridized carbons (Fsp3) is 0.143. The second-order valence-electron chi connectivity index (χ2n) is 6.26. The zero-order chi connectivity index (χ0) is 20.1. The van der Waals surface area contributed by atoms with Crippen LogP contribution in [0, 0.1) is 0 Å². The zero-order valence-corrected chi connectivity index (χ0v) is 17.8. The van der Waals surface area contributed by atoms with Crippen molar-refractivity contribution in [3.63, 3.8) is 0 Å². The van der Waals surface area contributed by atoms with Crippen molar-refractivity contribution < 1.29 is 13.2 Å². The molecule has 0 aliphatic carbocycles. The van der Waals surface area contributed by atoms with Crippen LogP contribution < -0.4 is 10.6 Å². The van der Waals surface area contributed by atoms with Gasteiger partial charge in [0.25, 0.3) is 0 Å². The molecule has 0 saturated carbocycles.